The quantitative estimate of drug-likeness (QED) is 0.554. The summed E-state index contributed by atoms with van der Waals surface area (Å²) in [5, 5.41) is 3.24. The van der Waals surface area contributed by atoms with E-state index in [2.05, 4.69) is 24.0 Å². The highest BCUT2D eigenvalue weighted by molar-refractivity contribution is 8.09. The van der Waals surface area contributed by atoms with Crippen molar-refractivity contribution in [3.8, 4) is 0 Å². The normalized spacial score (nSPS) is 32.6. The molecule has 3 N–H and O–H groups in total. The maximum Gasteiger partial charge on any atom is 0.183 e. The first-order valence-corrected chi connectivity index (χ1v) is 6.64. The van der Waals surface area contributed by atoms with Crippen LogP contribution in [0, 0.1) is 5.92 Å². The van der Waals surface area contributed by atoms with E-state index in [1.54, 1.807) is 0 Å². The van der Waals surface area contributed by atoms with Crippen LogP contribution in [0.15, 0.2) is 0 Å². The van der Waals surface area contributed by atoms with Crippen molar-refractivity contribution in [3.63, 3.8) is 0 Å². The lowest BCUT2D eigenvalue weighted by Crippen LogP contribution is -2.17. The average Bonchev–Trinajstić information content (AvgIpc) is 2.10. The summed E-state index contributed by atoms with van der Waals surface area (Å²) in [5.74, 6) is 0.367. The fraction of sp³-hybridized carbons (Fsp3) is 1.00. The third-order valence-corrected chi connectivity index (χ3v) is 3.38. The van der Waals surface area contributed by atoms with E-state index in [1.807, 2.05) is 0 Å². The van der Waals surface area contributed by atoms with Crippen LogP contribution in [-0.4, -0.2) is 28.5 Å². The van der Waals surface area contributed by atoms with Crippen LogP contribution < -0.4 is 5.32 Å². The Bertz CT molecular complexity index is 181. The molecule has 1 fully saturated rings. The van der Waals surface area contributed by atoms with E-state index in [1.165, 1.54) is 0 Å². The molecule has 3 nitrogen and oxygen atoms in total. The number of nitrogens with one attached hydrogen (secondary N) is 1. The van der Waals surface area contributed by atoms with E-state index >= 15 is 0 Å². The average molecular weight is 195 g/mol. The number of hydrogen-bond acceptors (Lipinski definition) is 2. The fourth-order valence-electron chi connectivity index (χ4n) is 1.51. The third kappa shape index (κ3) is 3.63. The van der Waals surface area contributed by atoms with Crippen LogP contribution in [0.5, 0.6) is 0 Å². The Labute approximate surface area is 72.0 Å². The zero-order valence-electron chi connectivity index (χ0n) is 6.53. The summed E-state index contributed by atoms with van der Waals surface area (Å²) in [6.45, 7) is 0.0231. The largest absolute Gasteiger partial charge is 0.345 e. The van der Waals surface area contributed by atoms with Crippen molar-refractivity contribution in [3.05, 3.63) is 0 Å². The lowest BCUT2D eigenvalue weighted by atomic mass is 10.1. The molecule has 1 aliphatic rings. The molecule has 1 rings (SSSR count). The van der Waals surface area contributed by atoms with E-state index < -0.39 is 6.49 Å². The maximum absolute atomic E-state index is 9.02. The molecule has 0 saturated carbocycles. The topological polar surface area (TPSA) is 52.5 Å². The van der Waals surface area contributed by atoms with Crippen molar-refractivity contribution in [2.75, 3.05) is 12.7 Å². The van der Waals surface area contributed by atoms with Gasteiger partial charge < -0.3 is 15.1 Å². The van der Waals surface area contributed by atoms with Gasteiger partial charge in [-0.2, -0.15) is 0 Å². The minimum absolute atomic E-state index is 0.367. The van der Waals surface area contributed by atoms with Crippen molar-refractivity contribution in [2.45, 2.75) is 19.4 Å². The molecule has 0 bridgehead atoms. The monoisotopic (exact) mass is 195 g/mol. The second-order valence-corrected chi connectivity index (χ2v) is 6.71. The lowest BCUT2D eigenvalue weighted by molar-refractivity contribution is 0.461. The molecular formula is C6H14NO2PS. The number of hydrogen-bond donors (Lipinski definition) is 3. The molecule has 1 saturated heterocycles. The lowest BCUT2D eigenvalue weighted by Gasteiger charge is -2.11. The summed E-state index contributed by atoms with van der Waals surface area (Å²) < 4.78 is 0. The van der Waals surface area contributed by atoms with Crippen LogP contribution in [0.1, 0.15) is 13.3 Å². The molecular weight excluding hydrogens is 181 g/mol. The SMILES string of the molecule is CC1CC(CP(O)(O)=S)CN1. The fourth-order valence-corrected chi connectivity index (χ4v) is 3.09. The first-order valence-electron chi connectivity index (χ1n) is 3.75. The van der Waals surface area contributed by atoms with E-state index in [-0.39, 0.29) is 0 Å². The molecule has 5 heteroatoms. The van der Waals surface area contributed by atoms with Gasteiger partial charge >= 0.3 is 0 Å². The molecule has 66 valence electrons. The highest BCUT2D eigenvalue weighted by Gasteiger charge is 2.24. The van der Waals surface area contributed by atoms with E-state index in [0.717, 1.165) is 13.0 Å². The highest BCUT2D eigenvalue weighted by Crippen LogP contribution is 2.39. The van der Waals surface area contributed by atoms with Gasteiger partial charge in [0.1, 0.15) is 0 Å². The zero-order chi connectivity index (χ0) is 8.48. The first-order chi connectivity index (χ1) is 4.97. The van der Waals surface area contributed by atoms with Crippen LogP contribution in [0.3, 0.4) is 0 Å². The minimum Gasteiger partial charge on any atom is -0.345 e. The van der Waals surface area contributed by atoms with Gasteiger partial charge in [-0.15, -0.1) is 0 Å². The first kappa shape index (κ1) is 9.62. The molecule has 11 heavy (non-hydrogen) atoms. The minimum atomic E-state index is -2.95. The molecule has 0 aliphatic carbocycles. The number of rotatable bonds is 2. The predicted molar refractivity (Wildman–Crippen MR) is 49.2 cm³/mol. The van der Waals surface area contributed by atoms with Crippen molar-refractivity contribution >= 4 is 18.3 Å². The van der Waals surface area contributed by atoms with Gasteiger partial charge in [0, 0.05) is 12.2 Å². The Balaban J connectivity index is 2.34. The van der Waals surface area contributed by atoms with E-state index in [0.29, 0.717) is 18.1 Å². The van der Waals surface area contributed by atoms with Crippen LogP contribution in [-0.2, 0) is 11.8 Å². The highest BCUT2D eigenvalue weighted by atomic mass is 32.5. The van der Waals surface area contributed by atoms with Crippen molar-refractivity contribution in [1.82, 2.24) is 5.32 Å². The Morgan fingerprint density at radius 3 is 2.64 bits per heavy atom. The summed E-state index contributed by atoms with van der Waals surface area (Å²) in [5.41, 5.74) is 0. The Hall–Kier alpha value is 0.530. The van der Waals surface area contributed by atoms with Gasteiger partial charge in [-0.3, -0.25) is 0 Å². The van der Waals surface area contributed by atoms with Gasteiger partial charge in [-0.25, -0.2) is 0 Å². The van der Waals surface area contributed by atoms with Gasteiger partial charge in [0.15, 0.2) is 6.49 Å². The molecule has 1 heterocycles. The van der Waals surface area contributed by atoms with E-state index in [9.17, 15) is 0 Å². The molecule has 0 radical (unpaired) electrons. The van der Waals surface area contributed by atoms with Gasteiger partial charge in [0.2, 0.25) is 0 Å². The van der Waals surface area contributed by atoms with Crippen molar-refractivity contribution < 1.29 is 9.79 Å². The Morgan fingerprint density at radius 1 is 1.64 bits per heavy atom. The second kappa shape index (κ2) is 3.50. The van der Waals surface area contributed by atoms with Gasteiger partial charge in [-0.1, -0.05) is 0 Å². The molecule has 0 aromatic carbocycles. The van der Waals surface area contributed by atoms with Crippen molar-refractivity contribution in [1.29, 1.82) is 0 Å². The summed E-state index contributed by atoms with van der Waals surface area (Å²) in [4.78, 5) is 18.0. The zero-order valence-corrected chi connectivity index (χ0v) is 8.24. The Morgan fingerprint density at radius 2 is 2.27 bits per heavy atom. The van der Waals surface area contributed by atoms with Crippen LogP contribution in [0.4, 0.5) is 0 Å². The predicted octanol–water partition coefficient (Wildman–Crippen LogP) is 0.279. The molecule has 2 unspecified atom stereocenters. The summed E-state index contributed by atoms with van der Waals surface area (Å²) in [6.07, 6.45) is 1.42. The van der Waals surface area contributed by atoms with Crippen LogP contribution in [0.2, 0.25) is 0 Å². The van der Waals surface area contributed by atoms with Crippen molar-refractivity contribution in [2.24, 2.45) is 5.92 Å². The molecule has 2 atom stereocenters. The molecule has 0 aromatic rings. The second-order valence-electron chi connectivity index (χ2n) is 3.26. The summed E-state index contributed by atoms with van der Waals surface area (Å²) in [6, 6.07) is 0.501. The van der Waals surface area contributed by atoms with Crippen LogP contribution in [0.25, 0.3) is 0 Å². The molecule has 1 aliphatic heterocycles. The van der Waals surface area contributed by atoms with Crippen LogP contribution >= 0.6 is 6.49 Å². The third-order valence-electron chi connectivity index (χ3n) is 1.94. The van der Waals surface area contributed by atoms with E-state index in [4.69, 9.17) is 9.79 Å². The smallest absolute Gasteiger partial charge is 0.183 e. The van der Waals surface area contributed by atoms with Gasteiger partial charge in [0.05, 0.1) is 0 Å². The summed E-state index contributed by atoms with van der Waals surface area (Å²) in [7, 11) is 0. The van der Waals surface area contributed by atoms with Gasteiger partial charge in [-0.05, 0) is 37.6 Å². The molecule has 0 spiro atoms. The van der Waals surface area contributed by atoms with Gasteiger partial charge in [0.25, 0.3) is 0 Å². The Kier molecular flexibility index (Phi) is 3.06. The molecule has 0 aromatic heterocycles. The summed E-state index contributed by atoms with van der Waals surface area (Å²) >= 11 is 4.55. The maximum atomic E-state index is 9.02. The standard InChI is InChI=1S/C6H14NO2PS/c1-5-2-6(3-7-5)4-10(8,9)11/h5-7H,2-4H2,1H3,(H2,8,9,11). The molecule has 0 amide bonds.